The third-order valence-electron chi connectivity index (χ3n) is 5.76. The SMILES string of the molecule is COc1ccc(C#N)cc1-c1ccc(C(=O)NS(=O)(=O)c2cccc(N)n2)c(Oc2c(C)cc(C)cc2C)n1.[HH]. The number of aryl methyl sites for hydroxylation is 3. The molecule has 0 radical (unpaired) electrons. The van der Waals surface area contributed by atoms with E-state index in [4.69, 9.17) is 15.2 Å². The first-order valence-electron chi connectivity index (χ1n) is 11.7. The summed E-state index contributed by atoms with van der Waals surface area (Å²) in [4.78, 5) is 21.6. The van der Waals surface area contributed by atoms with Crippen LogP contribution in [0.3, 0.4) is 0 Å². The number of carbonyl (C=O) groups is 1. The van der Waals surface area contributed by atoms with Gasteiger partial charge >= 0.3 is 0 Å². The lowest BCUT2D eigenvalue weighted by molar-refractivity contribution is 0.0978. The standard InChI is InChI=1S/C28H25N5O5S.H2/c1-16-12-17(2)26(18(3)13-16)38-28-20(27(34)33-39(35,36)25-7-5-6-24(30)32-25)9-10-22(31-28)21-14-19(15-29)8-11-23(21)37-4;/h5-14H,1-4H3,(H2,30,32)(H,33,34);1H. The number of nitriles is 1. The summed E-state index contributed by atoms with van der Waals surface area (Å²) in [6, 6.07) is 17.7. The number of ether oxygens (including phenoxy) is 2. The number of nitrogens with two attached hydrogens (primary N) is 1. The first-order chi connectivity index (χ1) is 18.5. The monoisotopic (exact) mass is 545 g/mol. The highest BCUT2D eigenvalue weighted by atomic mass is 32.2. The molecule has 0 fully saturated rings. The zero-order valence-corrected chi connectivity index (χ0v) is 22.5. The van der Waals surface area contributed by atoms with Crippen LogP contribution in [-0.2, 0) is 10.0 Å². The fourth-order valence-electron chi connectivity index (χ4n) is 4.05. The Kier molecular flexibility index (Phi) is 7.51. The number of benzene rings is 2. The van der Waals surface area contributed by atoms with E-state index >= 15 is 0 Å². The van der Waals surface area contributed by atoms with Gasteiger partial charge in [0, 0.05) is 6.99 Å². The molecule has 0 aliphatic carbocycles. The Morgan fingerprint density at radius 3 is 2.38 bits per heavy atom. The average Bonchev–Trinajstić information content (AvgIpc) is 2.90. The van der Waals surface area contributed by atoms with Gasteiger partial charge < -0.3 is 15.2 Å². The van der Waals surface area contributed by atoms with Gasteiger partial charge in [0.25, 0.3) is 15.9 Å². The van der Waals surface area contributed by atoms with Crippen LogP contribution in [0.1, 0.15) is 34.0 Å². The number of pyridine rings is 2. The minimum Gasteiger partial charge on any atom is -0.496 e. The number of methoxy groups -OCH3 is 1. The summed E-state index contributed by atoms with van der Waals surface area (Å²) in [6.45, 7) is 5.66. The van der Waals surface area contributed by atoms with Gasteiger partial charge in [0.05, 0.1) is 24.4 Å². The Morgan fingerprint density at radius 2 is 1.74 bits per heavy atom. The van der Waals surface area contributed by atoms with E-state index in [9.17, 15) is 18.5 Å². The van der Waals surface area contributed by atoms with Crippen molar-refractivity contribution in [3.63, 3.8) is 0 Å². The normalized spacial score (nSPS) is 10.9. The molecule has 4 aromatic rings. The Bertz CT molecular complexity index is 1730. The molecule has 0 aliphatic heterocycles. The predicted octanol–water partition coefficient (Wildman–Crippen LogP) is 4.69. The van der Waals surface area contributed by atoms with Crippen LogP contribution < -0.4 is 19.9 Å². The number of hydrogen-bond acceptors (Lipinski definition) is 9. The summed E-state index contributed by atoms with van der Waals surface area (Å²) in [5.41, 5.74) is 9.31. The maximum atomic E-state index is 13.3. The molecule has 2 heterocycles. The Labute approximate surface area is 227 Å². The van der Waals surface area contributed by atoms with Crippen molar-refractivity contribution in [3.05, 3.63) is 88.5 Å². The average molecular weight is 546 g/mol. The lowest BCUT2D eigenvalue weighted by Gasteiger charge is -2.16. The topological polar surface area (TPSA) is 157 Å². The highest BCUT2D eigenvalue weighted by Crippen LogP contribution is 2.35. The molecule has 1 amide bonds. The smallest absolute Gasteiger partial charge is 0.281 e. The summed E-state index contributed by atoms with van der Waals surface area (Å²) >= 11 is 0. The second-order valence-electron chi connectivity index (χ2n) is 8.74. The molecule has 4 rings (SSSR count). The van der Waals surface area contributed by atoms with Crippen molar-refractivity contribution >= 4 is 21.7 Å². The van der Waals surface area contributed by atoms with E-state index in [1.165, 1.54) is 37.4 Å². The van der Waals surface area contributed by atoms with Gasteiger partial charge in [0.15, 0.2) is 5.03 Å². The highest BCUT2D eigenvalue weighted by molar-refractivity contribution is 7.90. The lowest BCUT2D eigenvalue weighted by atomic mass is 10.1. The Morgan fingerprint density at radius 1 is 1.03 bits per heavy atom. The van der Waals surface area contributed by atoms with Gasteiger partial charge in [-0.25, -0.2) is 14.7 Å². The number of anilines is 1. The second-order valence-corrected chi connectivity index (χ2v) is 10.4. The number of nitrogens with zero attached hydrogens (tertiary/aromatic N) is 3. The van der Waals surface area contributed by atoms with Gasteiger partial charge in [-0.05, 0) is 74.4 Å². The Hall–Kier alpha value is -4.95. The minimum atomic E-state index is -4.35. The molecule has 2 aromatic carbocycles. The lowest BCUT2D eigenvalue weighted by Crippen LogP contribution is -2.31. The summed E-state index contributed by atoms with van der Waals surface area (Å²) in [5.74, 6) is -0.215. The molecule has 0 bridgehead atoms. The zero-order chi connectivity index (χ0) is 28.3. The molecule has 0 saturated carbocycles. The molecule has 0 saturated heterocycles. The molecular weight excluding hydrogens is 518 g/mol. The van der Waals surface area contributed by atoms with Crippen LogP contribution in [0, 0.1) is 32.1 Å². The molecule has 200 valence electrons. The van der Waals surface area contributed by atoms with E-state index in [1.807, 2.05) is 37.6 Å². The van der Waals surface area contributed by atoms with Crippen molar-refractivity contribution in [1.29, 1.82) is 5.26 Å². The molecule has 0 aliphatic rings. The number of nitrogen functional groups attached to an aromatic ring is 1. The van der Waals surface area contributed by atoms with Gasteiger partial charge in [-0.2, -0.15) is 13.7 Å². The third kappa shape index (κ3) is 5.81. The fourth-order valence-corrected chi connectivity index (χ4v) is 4.99. The molecule has 3 N–H and O–H groups in total. The van der Waals surface area contributed by atoms with Crippen molar-refractivity contribution in [2.75, 3.05) is 12.8 Å². The van der Waals surface area contributed by atoms with Gasteiger partial charge in [0.2, 0.25) is 5.88 Å². The van der Waals surface area contributed by atoms with Gasteiger partial charge in [-0.15, -0.1) is 0 Å². The van der Waals surface area contributed by atoms with Crippen LogP contribution in [0.2, 0.25) is 0 Å². The van der Waals surface area contributed by atoms with Crippen LogP contribution in [0.4, 0.5) is 5.82 Å². The Balaban J connectivity index is 0.00000441. The predicted molar refractivity (Wildman–Crippen MR) is 147 cm³/mol. The number of sulfonamides is 1. The summed E-state index contributed by atoms with van der Waals surface area (Å²) in [6.07, 6.45) is 0. The van der Waals surface area contributed by atoms with E-state index in [-0.39, 0.29) is 18.7 Å². The van der Waals surface area contributed by atoms with Crippen molar-refractivity contribution < 1.29 is 24.1 Å². The van der Waals surface area contributed by atoms with E-state index < -0.39 is 21.0 Å². The second kappa shape index (κ2) is 10.8. The molecule has 0 atom stereocenters. The van der Waals surface area contributed by atoms with Crippen LogP contribution in [0.5, 0.6) is 17.4 Å². The van der Waals surface area contributed by atoms with E-state index in [2.05, 4.69) is 16.0 Å². The summed E-state index contributed by atoms with van der Waals surface area (Å²) in [7, 11) is -2.87. The molecule has 39 heavy (non-hydrogen) atoms. The van der Waals surface area contributed by atoms with Gasteiger partial charge in [-0.1, -0.05) is 23.8 Å². The number of hydrogen-bond donors (Lipinski definition) is 2. The number of aromatic nitrogens is 2. The molecule has 11 heteroatoms. The van der Waals surface area contributed by atoms with E-state index in [0.29, 0.717) is 28.3 Å². The third-order valence-corrected chi connectivity index (χ3v) is 6.99. The molecule has 0 unspecified atom stereocenters. The number of amides is 1. The van der Waals surface area contributed by atoms with E-state index in [1.54, 1.807) is 18.2 Å². The van der Waals surface area contributed by atoms with Crippen LogP contribution >= 0.6 is 0 Å². The first kappa shape index (κ1) is 27.1. The first-order valence-corrected chi connectivity index (χ1v) is 13.2. The number of rotatable bonds is 7. The molecule has 2 aromatic heterocycles. The maximum Gasteiger partial charge on any atom is 0.281 e. The maximum absolute atomic E-state index is 13.3. The quantitative estimate of drug-likeness (QED) is 0.336. The van der Waals surface area contributed by atoms with Gasteiger partial charge in [-0.3, -0.25) is 4.79 Å². The molecule has 0 spiro atoms. The van der Waals surface area contributed by atoms with Crippen LogP contribution in [0.25, 0.3) is 11.3 Å². The summed E-state index contributed by atoms with van der Waals surface area (Å²) < 4.78 is 39.4. The van der Waals surface area contributed by atoms with Crippen molar-refractivity contribution in [3.8, 4) is 34.7 Å². The molecular formula is C28H27N5O5S. The van der Waals surface area contributed by atoms with Crippen molar-refractivity contribution in [1.82, 2.24) is 14.7 Å². The number of nitrogens with one attached hydrogen (secondary N) is 1. The van der Waals surface area contributed by atoms with E-state index in [0.717, 1.165) is 16.7 Å². The van der Waals surface area contributed by atoms with Crippen molar-refractivity contribution in [2.24, 2.45) is 0 Å². The molecule has 10 nitrogen and oxygen atoms in total. The minimum absolute atomic E-state index is 0. The fraction of sp³-hybridized carbons (Fsp3) is 0.143. The van der Waals surface area contributed by atoms with Gasteiger partial charge in [0.1, 0.15) is 22.9 Å². The van der Waals surface area contributed by atoms with Crippen molar-refractivity contribution in [2.45, 2.75) is 25.8 Å². The van der Waals surface area contributed by atoms with Crippen LogP contribution in [-0.4, -0.2) is 31.4 Å². The largest absolute Gasteiger partial charge is 0.496 e. The zero-order valence-electron chi connectivity index (χ0n) is 21.6. The summed E-state index contributed by atoms with van der Waals surface area (Å²) in [5, 5.41) is 8.97. The van der Waals surface area contributed by atoms with Crippen LogP contribution in [0.15, 0.2) is 65.7 Å². The highest BCUT2D eigenvalue weighted by Gasteiger charge is 2.25. The number of carbonyl (C=O) groups excluding carboxylic acids is 1.